The van der Waals surface area contributed by atoms with Gasteiger partial charge in [0.15, 0.2) is 0 Å². The Morgan fingerprint density at radius 1 is 1.35 bits per heavy atom. The monoisotopic (exact) mass is 336 g/mol. The summed E-state index contributed by atoms with van der Waals surface area (Å²) in [4.78, 5) is 14.0. The zero-order chi connectivity index (χ0) is 16.8. The fourth-order valence-electron chi connectivity index (χ4n) is 3.88. The lowest BCUT2D eigenvalue weighted by atomic mass is 9.74. The maximum Gasteiger partial charge on any atom is 0.410 e. The molecular weight excluding hydrogens is 312 g/mol. The van der Waals surface area contributed by atoms with Crippen molar-refractivity contribution >= 4 is 17.7 Å². The van der Waals surface area contributed by atoms with Crippen molar-refractivity contribution < 1.29 is 9.53 Å². The zero-order valence-electron chi connectivity index (χ0n) is 14.1. The summed E-state index contributed by atoms with van der Waals surface area (Å²) in [6.45, 7) is 7.11. The van der Waals surface area contributed by atoms with Gasteiger partial charge in [-0.2, -0.15) is 0 Å². The van der Waals surface area contributed by atoms with Crippen molar-refractivity contribution in [2.24, 2.45) is 5.73 Å². The van der Waals surface area contributed by atoms with Gasteiger partial charge < -0.3 is 15.4 Å². The molecule has 23 heavy (non-hydrogen) atoms. The number of nitrogens with two attached hydrogens (primary N) is 1. The third kappa shape index (κ3) is 3.20. The molecule has 0 saturated carbocycles. The van der Waals surface area contributed by atoms with Crippen molar-refractivity contribution in [1.82, 2.24) is 4.90 Å². The van der Waals surface area contributed by atoms with E-state index < -0.39 is 5.60 Å². The molecule has 1 aromatic rings. The summed E-state index contributed by atoms with van der Waals surface area (Å²) >= 11 is 6.12. The van der Waals surface area contributed by atoms with E-state index in [9.17, 15) is 4.79 Å². The van der Waals surface area contributed by atoms with Crippen LogP contribution in [0, 0.1) is 0 Å². The van der Waals surface area contributed by atoms with Crippen LogP contribution in [-0.4, -0.2) is 29.7 Å². The normalized spacial score (nSPS) is 23.0. The van der Waals surface area contributed by atoms with Gasteiger partial charge >= 0.3 is 6.09 Å². The molecule has 1 atom stereocenters. The highest BCUT2D eigenvalue weighted by Gasteiger charge is 2.45. The minimum atomic E-state index is -0.453. The average molecular weight is 337 g/mol. The standard InChI is InChI=1S/C18H25ClN2O2/c1-17(2,3)23-16(22)21-8-6-18(7-9-21)11-15(20)13-10-12(19)4-5-14(13)18/h4-5,10,15H,6-9,11,20H2,1-3H3/t15-/m0/s1. The lowest BCUT2D eigenvalue weighted by Crippen LogP contribution is -2.46. The number of hydrogen-bond donors (Lipinski definition) is 1. The first-order chi connectivity index (χ1) is 10.7. The summed E-state index contributed by atoms with van der Waals surface area (Å²) in [6.07, 6.45) is 2.57. The van der Waals surface area contributed by atoms with Crippen molar-refractivity contribution in [3.63, 3.8) is 0 Å². The van der Waals surface area contributed by atoms with Gasteiger partial charge in [-0.3, -0.25) is 0 Å². The second-order valence-electron chi connectivity index (χ2n) is 7.79. The number of piperidine rings is 1. The molecule has 1 fully saturated rings. The molecule has 0 aromatic heterocycles. The van der Waals surface area contributed by atoms with Crippen LogP contribution < -0.4 is 5.73 Å². The van der Waals surface area contributed by atoms with E-state index in [4.69, 9.17) is 22.1 Å². The van der Waals surface area contributed by atoms with Crippen LogP contribution in [0.25, 0.3) is 0 Å². The fraction of sp³-hybridized carbons (Fsp3) is 0.611. The number of carbonyl (C=O) groups excluding carboxylic acids is 1. The molecule has 1 saturated heterocycles. The third-order valence-corrected chi connectivity index (χ3v) is 5.20. The lowest BCUT2D eigenvalue weighted by molar-refractivity contribution is 0.0162. The van der Waals surface area contributed by atoms with E-state index in [2.05, 4.69) is 6.07 Å². The quantitative estimate of drug-likeness (QED) is 0.778. The van der Waals surface area contributed by atoms with Crippen LogP contribution in [0.2, 0.25) is 5.02 Å². The number of amides is 1. The van der Waals surface area contributed by atoms with Crippen molar-refractivity contribution in [3.8, 4) is 0 Å². The number of halogens is 1. The van der Waals surface area contributed by atoms with E-state index >= 15 is 0 Å². The van der Waals surface area contributed by atoms with E-state index in [0.29, 0.717) is 13.1 Å². The van der Waals surface area contributed by atoms with Crippen molar-refractivity contribution in [3.05, 3.63) is 34.3 Å². The first-order valence-corrected chi connectivity index (χ1v) is 8.61. The molecule has 5 heteroatoms. The molecule has 1 spiro atoms. The molecule has 0 bridgehead atoms. The Bertz CT molecular complexity index is 616. The molecule has 4 nitrogen and oxygen atoms in total. The van der Waals surface area contributed by atoms with E-state index in [-0.39, 0.29) is 17.6 Å². The molecule has 0 radical (unpaired) electrons. The summed E-state index contributed by atoms with van der Waals surface area (Å²) in [7, 11) is 0. The van der Waals surface area contributed by atoms with Gasteiger partial charge in [0.1, 0.15) is 5.60 Å². The fourth-order valence-corrected chi connectivity index (χ4v) is 4.06. The predicted molar refractivity (Wildman–Crippen MR) is 91.7 cm³/mol. The summed E-state index contributed by atoms with van der Waals surface area (Å²) < 4.78 is 5.48. The first-order valence-electron chi connectivity index (χ1n) is 8.24. The van der Waals surface area contributed by atoms with Crippen LogP contribution >= 0.6 is 11.6 Å². The van der Waals surface area contributed by atoms with Gasteiger partial charge in [-0.05, 0) is 63.3 Å². The summed E-state index contributed by atoms with van der Waals surface area (Å²) in [5, 5.41) is 0.738. The highest BCUT2D eigenvalue weighted by Crippen LogP contribution is 2.50. The van der Waals surface area contributed by atoms with Crippen molar-refractivity contribution in [2.45, 2.75) is 57.1 Å². The maximum absolute atomic E-state index is 12.2. The molecule has 0 unspecified atom stereocenters. The highest BCUT2D eigenvalue weighted by molar-refractivity contribution is 6.30. The second kappa shape index (κ2) is 5.67. The Kier molecular flexibility index (Phi) is 4.09. The zero-order valence-corrected chi connectivity index (χ0v) is 14.8. The summed E-state index contributed by atoms with van der Waals surface area (Å²) in [5.41, 5.74) is 8.45. The number of hydrogen-bond acceptors (Lipinski definition) is 3. The molecule has 1 amide bonds. The lowest BCUT2D eigenvalue weighted by Gasteiger charge is -2.40. The Morgan fingerprint density at radius 3 is 2.61 bits per heavy atom. The summed E-state index contributed by atoms with van der Waals surface area (Å²) in [6, 6.07) is 6.10. The molecular formula is C18H25ClN2O2. The van der Waals surface area contributed by atoms with E-state index in [1.165, 1.54) is 11.1 Å². The Hall–Kier alpha value is -1.26. The Labute approximate surface area is 142 Å². The Balaban J connectivity index is 1.74. The van der Waals surface area contributed by atoms with Crippen LogP contribution in [0.15, 0.2) is 18.2 Å². The number of carbonyl (C=O) groups is 1. The van der Waals surface area contributed by atoms with Gasteiger partial charge in [-0.1, -0.05) is 17.7 Å². The van der Waals surface area contributed by atoms with Gasteiger partial charge in [0.25, 0.3) is 0 Å². The smallest absolute Gasteiger partial charge is 0.410 e. The van der Waals surface area contributed by atoms with Crippen LogP contribution in [0.4, 0.5) is 4.79 Å². The number of rotatable bonds is 0. The average Bonchev–Trinajstić information content (AvgIpc) is 2.70. The van der Waals surface area contributed by atoms with Gasteiger partial charge in [0.05, 0.1) is 0 Å². The number of fused-ring (bicyclic) bond motifs is 2. The summed E-state index contributed by atoms with van der Waals surface area (Å²) in [5.74, 6) is 0. The first kappa shape index (κ1) is 16.6. The molecule has 3 rings (SSSR count). The highest BCUT2D eigenvalue weighted by atomic mass is 35.5. The van der Waals surface area contributed by atoms with Gasteiger partial charge in [-0.25, -0.2) is 4.79 Å². The van der Waals surface area contributed by atoms with Crippen LogP contribution in [0.1, 0.15) is 57.2 Å². The molecule has 1 heterocycles. The van der Waals surface area contributed by atoms with Crippen LogP contribution in [0.5, 0.6) is 0 Å². The van der Waals surface area contributed by atoms with Crippen molar-refractivity contribution in [1.29, 1.82) is 0 Å². The minimum Gasteiger partial charge on any atom is -0.444 e. The molecule has 126 valence electrons. The van der Waals surface area contributed by atoms with Crippen LogP contribution in [0.3, 0.4) is 0 Å². The second-order valence-corrected chi connectivity index (χ2v) is 8.23. The van der Waals surface area contributed by atoms with Crippen LogP contribution in [-0.2, 0) is 10.2 Å². The number of nitrogens with zero attached hydrogens (tertiary/aromatic N) is 1. The minimum absolute atomic E-state index is 0.0387. The maximum atomic E-state index is 12.2. The molecule has 2 aliphatic rings. The largest absolute Gasteiger partial charge is 0.444 e. The van der Waals surface area contributed by atoms with Gasteiger partial charge in [0.2, 0.25) is 0 Å². The topological polar surface area (TPSA) is 55.6 Å². The molecule has 2 N–H and O–H groups in total. The third-order valence-electron chi connectivity index (χ3n) is 4.97. The number of ether oxygens (including phenoxy) is 1. The SMILES string of the molecule is CC(C)(C)OC(=O)N1CCC2(CC1)C[C@H](N)c1cc(Cl)ccc12. The van der Waals surface area contributed by atoms with Gasteiger partial charge in [0, 0.05) is 29.6 Å². The number of benzene rings is 1. The van der Waals surface area contributed by atoms with E-state index in [1.807, 2.05) is 37.8 Å². The Morgan fingerprint density at radius 2 is 2.00 bits per heavy atom. The molecule has 1 aliphatic heterocycles. The van der Waals surface area contributed by atoms with E-state index in [0.717, 1.165) is 24.3 Å². The van der Waals surface area contributed by atoms with E-state index in [1.54, 1.807) is 0 Å². The predicted octanol–water partition coefficient (Wildman–Crippen LogP) is 4.01. The van der Waals surface area contributed by atoms with Gasteiger partial charge in [-0.15, -0.1) is 0 Å². The number of likely N-dealkylation sites (tertiary alicyclic amines) is 1. The molecule has 1 aromatic carbocycles. The molecule has 1 aliphatic carbocycles. The van der Waals surface area contributed by atoms with Crippen molar-refractivity contribution in [2.75, 3.05) is 13.1 Å².